The molecule has 204 valence electrons. The van der Waals surface area contributed by atoms with E-state index in [0.29, 0.717) is 0 Å². The smallest absolute Gasteiger partial charge is 0.126 e. The molecule has 5 aromatic rings. The van der Waals surface area contributed by atoms with Crippen molar-refractivity contribution < 1.29 is 0 Å². The van der Waals surface area contributed by atoms with Crippen LogP contribution in [0.3, 0.4) is 0 Å². The molecule has 1 aliphatic carbocycles. The van der Waals surface area contributed by atoms with Gasteiger partial charge in [0.1, 0.15) is 5.82 Å². The molecule has 1 N–H and O–H groups in total. The number of benzene rings is 2. The van der Waals surface area contributed by atoms with Gasteiger partial charge in [0.2, 0.25) is 0 Å². The molecule has 0 saturated heterocycles. The number of rotatable bonds is 6. The van der Waals surface area contributed by atoms with Crippen molar-refractivity contribution in [2.45, 2.75) is 64.8 Å². The Bertz CT molecular complexity index is 1650. The van der Waals surface area contributed by atoms with Gasteiger partial charge in [0.25, 0.3) is 0 Å². The highest BCUT2D eigenvalue weighted by Gasteiger charge is 2.39. The zero-order chi connectivity index (χ0) is 27.9. The van der Waals surface area contributed by atoms with Crippen LogP contribution in [0.25, 0.3) is 27.7 Å². The van der Waals surface area contributed by atoms with E-state index in [-0.39, 0.29) is 11.0 Å². The van der Waals surface area contributed by atoms with Crippen LogP contribution in [0.1, 0.15) is 63.9 Å². The summed E-state index contributed by atoms with van der Waals surface area (Å²) < 4.78 is 2.06. The molecule has 6 heteroatoms. The lowest BCUT2D eigenvalue weighted by atomic mass is 9.77. The molecular weight excluding hydrogens is 492 g/mol. The maximum absolute atomic E-state index is 5.11. The summed E-state index contributed by atoms with van der Waals surface area (Å²) in [5.74, 6) is 1.04. The van der Waals surface area contributed by atoms with Crippen molar-refractivity contribution in [3.05, 3.63) is 102 Å². The van der Waals surface area contributed by atoms with E-state index in [1.807, 2.05) is 25.4 Å². The Kier molecular flexibility index (Phi) is 6.57. The highest BCUT2D eigenvalue weighted by molar-refractivity contribution is 5.99. The summed E-state index contributed by atoms with van der Waals surface area (Å²) in [6, 6.07) is 19.9. The number of allylic oxidation sites excluding steroid dienone is 1. The number of nitrogens with zero attached hydrogens (tertiary/aromatic N) is 5. The Morgan fingerprint density at radius 1 is 1.02 bits per heavy atom. The van der Waals surface area contributed by atoms with Gasteiger partial charge in [-0.25, -0.2) is 9.67 Å². The fourth-order valence-corrected chi connectivity index (χ4v) is 6.13. The molecule has 2 aromatic carbocycles. The van der Waals surface area contributed by atoms with Crippen LogP contribution in [0.15, 0.2) is 85.5 Å². The van der Waals surface area contributed by atoms with Crippen LogP contribution in [0.4, 0.5) is 5.82 Å². The quantitative estimate of drug-likeness (QED) is 0.227. The number of aryl methyl sites for hydroxylation is 1. The van der Waals surface area contributed by atoms with Gasteiger partial charge < -0.3 is 9.88 Å². The van der Waals surface area contributed by atoms with Gasteiger partial charge in [-0.3, -0.25) is 4.98 Å². The zero-order valence-corrected chi connectivity index (χ0v) is 24.1. The van der Waals surface area contributed by atoms with Crippen molar-refractivity contribution in [1.29, 1.82) is 0 Å². The molecule has 0 spiro atoms. The van der Waals surface area contributed by atoms with Crippen LogP contribution in [0.2, 0.25) is 0 Å². The van der Waals surface area contributed by atoms with E-state index >= 15 is 0 Å². The Morgan fingerprint density at radius 2 is 1.85 bits per heavy atom. The molecule has 3 aromatic heterocycles. The standard InChI is InChI=1S/C34H38N6/c1-6-39(32-22-35-23-37-32)34(18-10-7-11-19-34)29-17-16-28(26-12-8-9-13-27(26)29)30-20-31(33(3,4)5)38-40(30)25-15-14-24(2)36-21-25/h8-10,12-18,20-23H,6-7,11,19H2,1-5H3,(H,35,37). The highest BCUT2D eigenvalue weighted by Crippen LogP contribution is 2.45. The van der Waals surface area contributed by atoms with E-state index in [4.69, 9.17) is 5.10 Å². The summed E-state index contributed by atoms with van der Waals surface area (Å²) in [6.07, 6.45) is 13.7. The number of aromatic nitrogens is 5. The molecule has 0 amide bonds. The Balaban J connectivity index is 1.59. The minimum absolute atomic E-state index is 0.0868. The van der Waals surface area contributed by atoms with Gasteiger partial charge in [-0.1, -0.05) is 69.3 Å². The Hall–Kier alpha value is -4.19. The topological polar surface area (TPSA) is 62.6 Å². The summed E-state index contributed by atoms with van der Waals surface area (Å²) in [4.78, 5) is 14.8. The Labute approximate surface area is 236 Å². The maximum atomic E-state index is 5.11. The lowest BCUT2D eigenvalue weighted by Gasteiger charge is -2.45. The summed E-state index contributed by atoms with van der Waals surface area (Å²) in [7, 11) is 0. The van der Waals surface area contributed by atoms with E-state index in [2.05, 4.69) is 113 Å². The minimum Gasteiger partial charge on any atom is -0.344 e. The largest absolute Gasteiger partial charge is 0.344 e. The molecular formula is C34H38N6. The predicted molar refractivity (Wildman–Crippen MR) is 164 cm³/mol. The third kappa shape index (κ3) is 4.41. The number of pyridine rings is 1. The normalized spacial score (nSPS) is 17.4. The molecule has 0 saturated carbocycles. The van der Waals surface area contributed by atoms with Gasteiger partial charge in [0, 0.05) is 23.2 Å². The molecule has 3 heterocycles. The first kappa shape index (κ1) is 26.1. The van der Waals surface area contributed by atoms with E-state index in [1.165, 1.54) is 21.9 Å². The average Bonchev–Trinajstić information content (AvgIpc) is 3.65. The number of likely N-dealkylation sites (N-methyl/N-ethyl adjacent to an activating group) is 1. The van der Waals surface area contributed by atoms with Gasteiger partial charge in [-0.05, 0) is 67.6 Å². The molecule has 0 bridgehead atoms. The molecule has 1 atom stereocenters. The number of nitrogens with one attached hydrogen (secondary N) is 1. The molecule has 40 heavy (non-hydrogen) atoms. The molecule has 6 rings (SSSR count). The molecule has 0 fully saturated rings. The zero-order valence-electron chi connectivity index (χ0n) is 24.1. The Morgan fingerprint density at radius 3 is 2.50 bits per heavy atom. The van der Waals surface area contributed by atoms with Gasteiger partial charge in [-0.2, -0.15) is 5.10 Å². The summed E-state index contributed by atoms with van der Waals surface area (Å²) in [6.45, 7) is 11.7. The molecule has 1 aliphatic rings. The summed E-state index contributed by atoms with van der Waals surface area (Å²) >= 11 is 0. The van der Waals surface area contributed by atoms with Crippen molar-refractivity contribution in [3.63, 3.8) is 0 Å². The second-order valence-electron chi connectivity index (χ2n) is 11.8. The van der Waals surface area contributed by atoms with E-state index in [1.54, 1.807) is 6.33 Å². The SMILES string of the molecule is CCN(c1cnc[nH]1)C1(c2ccc(-c3cc(C(C)(C)C)nn3-c3ccc(C)nc3)c3ccccc23)C=CCCC1. The number of H-pyrrole nitrogens is 1. The lowest BCUT2D eigenvalue weighted by Crippen LogP contribution is -2.46. The van der Waals surface area contributed by atoms with Crippen LogP contribution in [0, 0.1) is 6.92 Å². The van der Waals surface area contributed by atoms with Crippen LogP contribution in [-0.4, -0.2) is 31.3 Å². The first-order valence-corrected chi connectivity index (χ1v) is 14.3. The third-order valence-electron chi connectivity index (χ3n) is 8.18. The highest BCUT2D eigenvalue weighted by atomic mass is 15.3. The van der Waals surface area contributed by atoms with E-state index < -0.39 is 0 Å². The first-order chi connectivity index (χ1) is 19.3. The fraction of sp³-hybridized carbons (Fsp3) is 0.324. The van der Waals surface area contributed by atoms with Crippen LogP contribution in [0.5, 0.6) is 0 Å². The molecule has 0 aliphatic heterocycles. The molecule has 6 nitrogen and oxygen atoms in total. The minimum atomic E-state index is -0.268. The number of imidazole rings is 1. The van der Waals surface area contributed by atoms with Crippen LogP contribution >= 0.6 is 0 Å². The van der Waals surface area contributed by atoms with Gasteiger partial charge >= 0.3 is 0 Å². The predicted octanol–water partition coefficient (Wildman–Crippen LogP) is 7.88. The van der Waals surface area contributed by atoms with Crippen LogP contribution < -0.4 is 4.90 Å². The van der Waals surface area contributed by atoms with Crippen molar-refractivity contribution >= 4 is 16.6 Å². The second kappa shape index (κ2) is 10.1. The van der Waals surface area contributed by atoms with E-state index in [9.17, 15) is 0 Å². The van der Waals surface area contributed by atoms with Gasteiger partial charge in [0.05, 0.1) is 41.3 Å². The summed E-state index contributed by atoms with van der Waals surface area (Å²) in [5.41, 5.74) is 6.22. The van der Waals surface area contributed by atoms with Crippen molar-refractivity contribution in [2.75, 3.05) is 11.4 Å². The van der Waals surface area contributed by atoms with Crippen LogP contribution in [-0.2, 0) is 11.0 Å². The van der Waals surface area contributed by atoms with E-state index in [0.717, 1.165) is 54.4 Å². The van der Waals surface area contributed by atoms with Gasteiger partial charge in [0.15, 0.2) is 0 Å². The number of fused-ring (bicyclic) bond motifs is 1. The summed E-state index contributed by atoms with van der Waals surface area (Å²) in [5, 5.41) is 7.60. The molecule has 1 unspecified atom stereocenters. The lowest BCUT2D eigenvalue weighted by molar-refractivity contribution is 0.431. The number of aromatic amines is 1. The monoisotopic (exact) mass is 530 g/mol. The first-order valence-electron chi connectivity index (χ1n) is 14.3. The van der Waals surface area contributed by atoms with Gasteiger partial charge in [-0.15, -0.1) is 0 Å². The maximum Gasteiger partial charge on any atom is 0.126 e. The van der Waals surface area contributed by atoms with Crippen molar-refractivity contribution in [1.82, 2.24) is 24.7 Å². The third-order valence-corrected chi connectivity index (χ3v) is 8.18. The number of hydrogen-bond acceptors (Lipinski definition) is 4. The second-order valence-corrected chi connectivity index (χ2v) is 11.8. The number of anilines is 1. The average molecular weight is 531 g/mol. The number of hydrogen-bond donors (Lipinski definition) is 1. The molecule has 0 radical (unpaired) electrons. The van der Waals surface area contributed by atoms with Crippen molar-refractivity contribution in [2.24, 2.45) is 0 Å². The van der Waals surface area contributed by atoms with Crippen molar-refractivity contribution in [3.8, 4) is 16.9 Å². The fourth-order valence-electron chi connectivity index (χ4n) is 6.13.